The SMILES string of the molecule is O=c1cc(Cc2cccs2)c2c(=O)[nH]c(ON=C3CCCCC3)nc2o1. The van der Waals surface area contributed by atoms with E-state index in [1.807, 2.05) is 17.5 Å². The number of thiophene rings is 1. The average molecular weight is 371 g/mol. The number of aromatic amines is 1. The largest absolute Gasteiger partial charge is 0.403 e. The van der Waals surface area contributed by atoms with Gasteiger partial charge < -0.3 is 9.25 Å². The Morgan fingerprint density at radius 1 is 1.27 bits per heavy atom. The maximum Gasteiger partial charge on any atom is 0.337 e. The summed E-state index contributed by atoms with van der Waals surface area (Å²) in [6, 6.07) is 5.13. The number of nitrogens with one attached hydrogen (secondary N) is 1. The van der Waals surface area contributed by atoms with Gasteiger partial charge in [0.15, 0.2) is 0 Å². The topological polar surface area (TPSA) is 97.5 Å². The van der Waals surface area contributed by atoms with Gasteiger partial charge >= 0.3 is 11.6 Å². The molecule has 0 saturated heterocycles. The molecule has 0 aromatic carbocycles. The lowest BCUT2D eigenvalue weighted by molar-refractivity contribution is 0.307. The van der Waals surface area contributed by atoms with Crippen LogP contribution in [0.25, 0.3) is 11.1 Å². The van der Waals surface area contributed by atoms with Crippen molar-refractivity contribution < 1.29 is 9.25 Å². The second-order valence-electron chi connectivity index (χ2n) is 6.21. The molecule has 1 aliphatic rings. The summed E-state index contributed by atoms with van der Waals surface area (Å²) in [6.07, 6.45) is 5.61. The molecule has 8 heteroatoms. The summed E-state index contributed by atoms with van der Waals surface area (Å²) < 4.78 is 5.12. The molecule has 7 nitrogen and oxygen atoms in total. The molecular weight excluding hydrogens is 354 g/mol. The van der Waals surface area contributed by atoms with E-state index in [0.717, 1.165) is 36.3 Å². The van der Waals surface area contributed by atoms with Crippen molar-refractivity contribution in [1.29, 1.82) is 0 Å². The molecule has 1 fully saturated rings. The van der Waals surface area contributed by atoms with E-state index in [0.29, 0.717) is 12.0 Å². The fourth-order valence-electron chi connectivity index (χ4n) is 3.07. The van der Waals surface area contributed by atoms with Crippen molar-refractivity contribution in [3.8, 4) is 6.01 Å². The van der Waals surface area contributed by atoms with Crippen LogP contribution in [0.15, 0.2) is 42.7 Å². The molecule has 3 aromatic rings. The van der Waals surface area contributed by atoms with Gasteiger partial charge in [0.1, 0.15) is 5.39 Å². The third-order valence-electron chi connectivity index (χ3n) is 4.31. The van der Waals surface area contributed by atoms with E-state index in [4.69, 9.17) is 9.25 Å². The number of aromatic nitrogens is 2. The summed E-state index contributed by atoms with van der Waals surface area (Å²) in [4.78, 5) is 37.4. The summed E-state index contributed by atoms with van der Waals surface area (Å²) >= 11 is 1.56. The third-order valence-corrected chi connectivity index (χ3v) is 5.19. The number of hydrogen-bond donors (Lipinski definition) is 1. The quantitative estimate of drug-likeness (QED) is 0.710. The summed E-state index contributed by atoms with van der Waals surface area (Å²) in [6.45, 7) is 0. The summed E-state index contributed by atoms with van der Waals surface area (Å²) in [5.74, 6) is 0. The zero-order chi connectivity index (χ0) is 17.9. The first kappa shape index (κ1) is 16.7. The first-order valence-electron chi connectivity index (χ1n) is 8.51. The Morgan fingerprint density at radius 3 is 2.88 bits per heavy atom. The molecular formula is C18H17N3O4S. The number of hydrogen-bond acceptors (Lipinski definition) is 7. The van der Waals surface area contributed by atoms with E-state index >= 15 is 0 Å². The number of H-pyrrole nitrogens is 1. The Balaban J connectivity index is 1.70. The van der Waals surface area contributed by atoms with Gasteiger partial charge in [0.05, 0.1) is 5.71 Å². The Labute approximate surface area is 152 Å². The fraction of sp³-hybridized carbons (Fsp3) is 0.333. The van der Waals surface area contributed by atoms with Crippen molar-refractivity contribution in [1.82, 2.24) is 9.97 Å². The van der Waals surface area contributed by atoms with Gasteiger partial charge in [-0.3, -0.25) is 9.78 Å². The van der Waals surface area contributed by atoms with E-state index in [9.17, 15) is 9.59 Å². The molecule has 0 amide bonds. The van der Waals surface area contributed by atoms with Crippen LogP contribution >= 0.6 is 11.3 Å². The first-order valence-corrected chi connectivity index (χ1v) is 9.39. The van der Waals surface area contributed by atoms with Crippen LogP contribution in [0.3, 0.4) is 0 Å². The fourth-order valence-corrected chi connectivity index (χ4v) is 3.80. The highest BCUT2D eigenvalue weighted by Crippen LogP contribution is 2.20. The van der Waals surface area contributed by atoms with Gasteiger partial charge in [-0.15, -0.1) is 11.3 Å². The third kappa shape index (κ3) is 3.60. The second kappa shape index (κ2) is 7.25. The molecule has 0 bridgehead atoms. The lowest BCUT2D eigenvalue weighted by Crippen LogP contribution is -2.15. The van der Waals surface area contributed by atoms with Gasteiger partial charge in [-0.1, -0.05) is 17.6 Å². The van der Waals surface area contributed by atoms with Gasteiger partial charge in [-0.05, 0) is 42.7 Å². The summed E-state index contributed by atoms with van der Waals surface area (Å²) in [5.41, 5.74) is 0.534. The average Bonchev–Trinajstić information content (AvgIpc) is 3.13. The molecule has 0 atom stereocenters. The predicted octanol–water partition coefficient (Wildman–Crippen LogP) is 3.23. The smallest absolute Gasteiger partial charge is 0.337 e. The molecule has 1 N–H and O–H groups in total. The first-order chi connectivity index (χ1) is 12.7. The van der Waals surface area contributed by atoms with Crippen molar-refractivity contribution >= 4 is 28.1 Å². The van der Waals surface area contributed by atoms with Crippen molar-refractivity contribution in [2.75, 3.05) is 0 Å². The zero-order valence-corrected chi connectivity index (χ0v) is 14.8. The normalized spacial score (nSPS) is 14.5. The molecule has 3 aromatic heterocycles. The van der Waals surface area contributed by atoms with Gasteiger partial charge in [0.2, 0.25) is 5.71 Å². The van der Waals surface area contributed by atoms with Gasteiger partial charge in [0.25, 0.3) is 5.56 Å². The molecule has 1 aliphatic carbocycles. The molecule has 3 heterocycles. The summed E-state index contributed by atoms with van der Waals surface area (Å²) in [5, 5.41) is 6.28. The van der Waals surface area contributed by atoms with Crippen LogP contribution in [0.4, 0.5) is 0 Å². The van der Waals surface area contributed by atoms with Crippen LogP contribution in [0.2, 0.25) is 0 Å². The van der Waals surface area contributed by atoms with Crippen LogP contribution in [0, 0.1) is 0 Å². The lowest BCUT2D eigenvalue weighted by Gasteiger charge is -2.11. The minimum Gasteiger partial charge on any atom is -0.403 e. The molecule has 0 aliphatic heterocycles. The van der Waals surface area contributed by atoms with Crippen LogP contribution in [-0.2, 0) is 6.42 Å². The highest BCUT2D eigenvalue weighted by Gasteiger charge is 2.15. The van der Waals surface area contributed by atoms with Crippen molar-refractivity contribution in [3.05, 3.63) is 54.8 Å². The van der Waals surface area contributed by atoms with Crippen molar-refractivity contribution in [2.24, 2.45) is 5.16 Å². The minimum atomic E-state index is -0.549. The van der Waals surface area contributed by atoms with Gasteiger partial charge in [0, 0.05) is 17.4 Å². The molecule has 0 unspecified atom stereocenters. The second-order valence-corrected chi connectivity index (χ2v) is 7.24. The zero-order valence-electron chi connectivity index (χ0n) is 14.0. The van der Waals surface area contributed by atoms with E-state index in [1.54, 1.807) is 11.3 Å². The number of fused-ring (bicyclic) bond motifs is 1. The van der Waals surface area contributed by atoms with Crippen LogP contribution < -0.4 is 16.0 Å². The Kier molecular flexibility index (Phi) is 4.66. The Morgan fingerprint density at radius 2 is 2.12 bits per heavy atom. The Bertz CT molecular complexity index is 1060. The summed E-state index contributed by atoms with van der Waals surface area (Å²) in [7, 11) is 0. The maximum atomic E-state index is 12.5. The van der Waals surface area contributed by atoms with Crippen LogP contribution in [-0.4, -0.2) is 15.7 Å². The minimum absolute atomic E-state index is 0.0355. The van der Waals surface area contributed by atoms with Crippen LogP contribution in [0.1, 0.15) is 42.5 Å². The van der Waals surface area contributed by atoms with E-state index < -0.39 is 11.2 Å². The molecule has 0 spiro atoms. The standard InChI is InChI=1S/C18H17N3O4S/c22-14-10-11(9-13-7-4-8-26-13)15-16(23)19-18(20-17(15)24-14)25-21-12-5-2-1-3-6-12/h4,7-8,10H,1-3,5-6,9H2,(H,19,20,23). The molecule has 134 valence electrons. The van der Waals surface area contributed by atoms with Crippen LogP contribution in [0.5, 0.6) is 6.01 Å². The van der Waals surface area contributed by atoms with Crippen molar-refractivity contribution in [2.45, 2.75) is 38.5 Å². The number of rotatable bonds is 4. The van der Waals surface area contributed by atoms with E-state index in [2.05, 4.69) is 15.1 Å². The van der Waals surface area contributed by atoms with Crippen molar-refractivity contribution in [3.63, 3.8) is 0 Å². The maximum absolute atomic E-state index is 12.5. The highest BCUT2D eigenvalue weighted by molar-refractivity contribution is 7.09. The highest BCUT2D eigenvalue weighted by atomic mass is 32.1. The predicted molar refractivity (Wildman–Crippen MR) is 99.2 cm³/mol. The number of nitrogens with zero attached hydrogens (tertiary/aromatic N) is 2. The van der Waals surface area contributed by atoms with E-state index in [-0.39, 0.29) is 17.1 Å². The molecule has 4 rings (SSSR count). The lowest BCUT2D eigenvalue weighted by atomic mass is 9.99. The van der Waals surface area contributed by atoms with Gasteiger partial charge in [-0.25, -0.2) is 4.79 Å². The molecule has 26 heavy (non-hydrogen) atoms. The monoisotopic (exact) mass is 371 g/mol. The molecule has 1 saturated carbocycles. The number of oxime groups is 1. The van der Waals surface area contributed by atoms with Gasteiger partial charge in [-0.2, -0.15) is 4.98 Å². The Hall–Kier alpha value is -2.74. The van der Waals surface area contributed by atoms with E-state index in [1.165, 1.54) is 12.5 Å². The molecule has 0 radical (unpaired) electrons.